The van der Waals surface area contributed by atoms with Gasteiger partial charge in [0.15, 0.2) is 0 Å². The van der Waals surface area contributed by atoms with Crippen molar-refractivity contribution in [1.82, 2.24) is 10.2 Å². The largest absolute Gasteiger partial charge is 0.489 e. The lowest BCUT2D eigenvalue weighted by Gasteiger charge is -2.40. The Balaban J connectivity index is 1.62. The van der Waals surface area contributed by atoms with Crippen LogP contribution in [-0.2, 0) is 11.4 Å². The first kappa shape index (κ1) is 30.7. The molecule has 3 rings (SSSR count). The number of anilines is 1. The molecular formula is C34H51N3O2. The summed E-state index contributed by atoms with van der Waals surface area (Å²) in [5.41, 5.74) is 3.69. The molecule has 0 unspecified atom stereocenters. The van der Waals surface area contributed by atoms with Crippen LogP contribution in [-0.4, -0.2) is 49.1 Å². The number of ether oxygens (including phenoxy) is 1. The summed E-state index contributed by atoms with van der Waals surface area (Å²) in [6, 6.07) is 19.1. The first-order chi connectivity index (χ1) is 18.7. The molecule has 1 amide bonds. The van der Waals surface area contributed by atoms with Gasteiger partial charge in [0.2, 0.25) is 5.91 Å². The van der Waals surface area contributed by atoms with Gasteiger partial charge in [0, 0.05) is 31.4 Å². The third kappa shape index (κ3) is 10.4. The highest BCUT2D eigenvalue weighted by Crippen LogP contribution is 2.27. The topological polar surface area (TPSA) is 44.8 Å². The smallest absolute Gasteiger partial charge is 0.239 e. The highest BCUT2D eigenvalue weighted by atomic mass is 16.5. The first-order valence-corrected chi connectivity index (χ1v) is 14.9. The van der Waals surface area contributed by atoms with Gasteiger partial charge < -0.3 is 19.9 Å². The van der Waals surface area contributed by atoms with Gasteiger partial charge in [-0.3, -0.25) is 4.79 Å². The van der Waals surface area contributed by atoms with E-state index in [-0.39, 0.29) is 11.9 Å². The number of carbonyl (C=O) groups is 1. The molecule has 2 aromatic rings. The van der Waals surface area contributed by atoms with Crippen LogP contribution in [0.4, 0.5) is 5.69 Å². The molecule has 5 nitrogen and oxygen atoms in total. The SMILES string of the molecule is CC(C)=CCN(c1ccc(OCc2ccccc2)cc1)C1CCN(C(=O)[C@H](CC(C)C)NCCC(C)C)CC1. The summed E-state index contributed by atoms with van der Waals surface area (Å²) < 4.78 is 6.02. The van der Waals surface area contributed by atoms with Gasteiger partial charge in [-0.1, -0.05) is 69.7 Å². The van der Waals surface area contributed by atoms with Crippen molar-refractivity contribution in [1.29, 1.82) is 0 Å². The van der Waals surface area contributed by atoms with Crippen molar-refractivity contribution in [2.75, 3.05) is 31.1 Å². The fourth-order valence-electron chi connectivity index (χ4n) is 5.13. The third-order valence-corrected chi connectivity index (χ3v) is 7.45. The maximum absolute atomic E-state index is 13.5. The summed E-state index contributed by atoms with van der Waals surface area (Å²) in [4.78, 5) is 18.1. The molecule has 0 bridgehead atoms. The van der Waals surface area contributed by atoms with Gasteiger partial charge in [0.1, 0.15) is 12.4 Å². The maximum atomic E-state index is 13.5. The van der Waals surface area contributed by atoms with E-state index in [2.05, 4.69) is 99.1 Å². The molecule has 0 spiro atoms. The predicted molar refractivity (Wildman–Crippen MR) is 164 cm³/mol. The fourth-order valence-corrected chi connectivity index (χ4v) is 5.13. The number of hydrogen-bond donors (Lipinski definition) is 1. The van der Waals surface area contributed by atoms with Gasteiger partial charge in [-0.05, 0) is 87.7 Å². The average molecular weight is 534 g/mol. The summed E-state index contributed by atoms with van der Waals surface area (Å²) >= 11 is 0. The second-order valence-electron chi connectivity index (χ2n) is 12.1. The number of piperidine rings is 1. The monoisotopic (exact) mass is 533 g/mol. The molecule has 5 heteroatoms. The molecule has 1 saturated heterocycles. The highest BCUT2D eigenvalue weighted by Gasteiger charge is 2.30. The Hall–Kier alpha value is -2.79. The lowest BCUT2D eigenvalue weighted by molar-refractivity contribution is -0.135. The third-order valence-electron chi connectivity index (χ3n) is 7.45. The number of benzene rings is 2. The molecule has 1 aliphatic heterocycles. The Labute approximate surface area is 237 Å². The molecule has 0 aromatic heterocycles. The van der Waals surface area contributed by atoms with Crippen LogP contribution in [0.2, 0.25) is 0 Å². The Morgan fingerprint density at radius 3 is 2.26 bits per heavy atom. The minimum Gasteiger partial charge on any atom is -0.489 e. The summed E-state index contributed by atoms with van der Waals surface area (Å²) in [7, 11) is 0. The van der Waals surface area contributed by atoms with Gasteiger partial charge in [-0.2, -0.15) is 0 Å². The average Bonchev–Trinajstić information content (AvgIpc) is 2.92. The van der Waals surface area contributed by atoms with Crippen molar-refractivity contribution < 1.29 is 9.53 Å². The molecule has 1 heterocycles. The molecule has 1 fully saturated rings. The zero-order valence-electron chi connectivity index (χ0n) is 25.2. The zero-order valence-corrected chi connectivity index (χ0v) is 25.2. The number of carbonyl (C=O) groups excluding carboxylic acids is 1. The van der Waals surface area contributed by atoms with Crippen LogP contribution in [0.15, 0.2) is 66.2 Å². The van der Waals surface area contributed by atoms with E-state index in [0.29, 0.717) is 24.5 Å². The van der Waals surface area contributed by atoms with E-state index in [4.69, 9.17) is 4.74 Å². The standard InChI is InChI=1S/C34H51N3O2/c1-26(2)16-20-35-33(24-28(5)6)34(38)36-21-18-31(19-22-36)37(23-17-27(3)4)30-12-14-32(15-13-30)39-25-29-10-8-7-9-11-29/h7-15,17,26,28,31,33,35H,16,18-25H2,1-6H3/t33-/m0/s1. The number of rotatable bonds is 14. The summed E-state index contributed by atoms with van der Waals surface area (Å²) in [6.07, 6.45) is 6.25. The van der Waals surface area contributed by atoms with Crippen LogP contribution >= 0.6 is 0 Å². The molecule has 0 saturated carbocycles. The van der Waals surface area contributed by atoms with Gasteiger partial charge in [-0.25, -0.2) is 0 Å². The highest BCUT2D eigenvalue weighted by molar-refractivity contribution is 5.82. The number of allylic oxidation sites excluding steroid dienone is 1. The first-order valence-electron chi connectivity index (χ1n) is 14.9. The Bertz CT molecular complexity index is 1000. The van der Waals surface area contributed by atoms with E-state index in [0.717, 1.165) is 57.6 Å². The minimum atomic E-state index is -0.0782. The van der Waals surface area contributed by atoms with Gasteiger partial charge >= 0.3 is 0 Å². The van der Waals surface area contributed by atoms with Crippen LogP contribution in [0.25, 0.3) is 0 Å². The molecule has 2 aromatic carbocycles. The number of nitrogens with one attached hydrogen (secondary N) is 1. The second kappa shape index (κ2) is 15.7. The van der Waals surface area contributed by atoms with Crippen molar-refractivity contribution in [2.45, 2.75) is 85.9 Å². The molecular weight excluding hydrogens is 482 g/mol. The van der Waals surface area contributed by atoms with Crippen LogP contribution in [0, 0.1) is 11.8 Å². The lowest BCUT2D eigenvalue weighted by Crippen LogP contribution is -2.52. The minimum absolute atomic E-state index is 0.0782. The molecule has 214 valence electrons. The number of hydrogen-bond acceptors (Lipinski definition) is 4. The second-order valence-corrected chi connectivity index (χ2v) is 12.1. The van der Waals surface area contributed by atoms with Gasteiger partial charge in [0.05, 0.1) is 6.04 Å². The van der Waals surface area contributed by atoms with Crippen molar-refractivity contribution >= 4 is 11.6 Å². The summed E-state index contributed by atoms with van der Waals surface area (Å²) in [5.74, 6) is 2.29. The number of nitrogens with zero attached hydrogens (tertiary/aromatic N) is 2. The number of amides is 1. The van der Waals surface area contributed by atoms with E-state index in [1.165, 1.54) is 16.8 Å². The van der Waals surface area contributed by atoms with E-state index in [1.807, 2.05) is 18.2 Å². The van der Waals surface area contributed by atoms with Crippen molar-refractivity contribution in [3.63, 3.8) is 0 Å². The Morgan fingerprint density at radius 1 is 1.00 bits per heavy atom. The Kier molecular flexibility index (Phi) is 12.4. The summed E-state index contributed by atoms with van der Waals surface area (Å²) in [5, 5.41) is 3.58. The van der Waals surface area contributed by atoms with Crippen LogP contribution < -0.4 is 15.0 Å². The van der Waals surface area contributed by atoms with Crippen molar-refractivity contribution in [2.24, 2.45) is 11.8 Å². The van der Waals surface area contributed by atoms with E-state index in [9.17, 15) is 4.79 Å². The van der Waals surface area contributed by atoms with Crippen LogP contribution in [0.1, 0.15) is 72.8 Å². The maximum Gasteiger partial charge on any atom is 0.239 e. The molecule has 1 aliphatic rings. The van der Waals surface area contributed by atoms with Gasteiger partial charge in [-0.15, -0.1) is 0 Å². The van der Waals surface area contributed by atoms with E-state index in [1.54, 1.807) is 0 Å². The fraction of sp³-hybridized carbons (Fsp3) is 0.559. The molecule has 0 aliphatic carbocycles. The number of likely N-dealkylation sites (tertiary alicyclic amines) is 1. The van der Waals surface area contributed by atoms with Crippen molar-refractivity contribution in [3.8, 4) is 5.75 Å². The molecule has 1 atom stereocenters. The van der Waals surface area contributed by atoms with E-state index >= 15 is 0 Å². The van der Waals surface area contributed by atoms with E-state index < -0.39 is 0 Å². The quantitative estimate of drug-likeness (QED) is 0.264. The van der Waals surface area contributed by atoms with Crippen LogP contribution in [0.3, 0.4) is 0 Å². The Morgan fingerprint density at radius 2 is 1.67 bits per heavy atom. The van der Waals surface area contributed by atoms with Gasteiger partial charge in [0.25, 0.3) is 0 Å². The molecule has 0 radical (unpaired) electrons. The molecule has 39 heavy (non-hydrogen) atoms. The lowest BCUT2D eigenvalue weighted by atomic mass is 9.98. The van der Waals surface area contributed by atoms with Crippen LogP contribution in [0.5, 0.6) is 5.75 Å². The predicted octanol–water partition coefficient (Wildman–Crippen LogP) is 7.08. The summed E-state index contributed by atoms with van der Waals surface area (Å²) in [6.45, 7) is 17.2. The van der Waals surface area contributed by atoms with Crippen molar-refractivity contribution in [3.05, 3.63) is 71.8 Å². The molecule has 1 N–H and O–H groups in total. The normalized spacial score (nSPS) is 14.9. The zero-order chi connectivity index (χ0) is 28.2.